The van der Waals surface area contributed by atoms with Crippen LogP contribution in [0.3, 0.4) is 0 Å². The summed E-state index contributed by atoms with van der Waals surface area (Å²) < 4.78 is 1.35. The summed E-state index contributed by atoms with van der Waals surface area (Å²) in [4.78, 5) is 11.7. The molecule has 0 aliphatic carbocycles. The van der Waals surface area contributed by atoms with E-state index < -0.39 is 0 Å². The fourth-order valence-electron chi connectivity index (χ4n) is 1.96. The van der Waals surface area contributed by atoms with Gasteiger partial charge in [0.25, 0.3) is 0 Å². The summed E-state index contributed by atoms with van der Waals surface area (Å²) in [6.07, 6.45) is 6.73. The molecular weight excluding hydrogens is 252 g/mol. The largest absolute Gasteiger partial charge is 0.364 e. The van der Waals surface area contributed by atoms with Crippen molar-refractivity contribution in [3.05, 3.63) is 52.2 Å². The number of aromatic nitrogens is 3. The van der Waals surface area contributed by atoms with Crippen LogP contribution in [0.1, 0.15) is 44.0 Å². The molecule has 0 radical (unpaired) electrons. The van der Waals surface area contributed by atoms with Crippen molar-refractivity contribution in [2.24, 2.45) is 5.10 Å². The SMILES string of the molecule is CCCCCC=Nn1c(Cc2ccccc2)n[nH]c1=O. The van der Waals surface area contributed by atoms with Crippen LogP contribution < -0.4 is 5.69 Å². The molecule has 0 aliphatic heterocycles. The van der Waals surface area contributed by atoms with Crippen molar-refractivity contribution < 1.29 is 0 Å². The summed E-state index contributed by atoms with van der Waals surface area (Å²) in [7, 11) is 0. The van der Waals surface area contributed by atoms with E-state index in [1.165, 1.54) is 17.5 Å². The molecule has 5 nitrogen and oxygen atoms in total. The predicted molar refractivity (Wildman–Crippen MR) is 80.1 cm³/mol. The maximum absolute atomic E-state index is 11.7. The van der Waals surface area contributed by atoms with Gasteiger partial charge in [-0.1, -0.05) is 50.1 Å². The topological polar surface area (TPSA) is 63.0 Å². The second-order valence-electron chi connectivity index (χ2n) is 4.71. The molecule has 106 valence electrons. The fourth-order valence-corrected chi connectivity index (χ4v) is 1.96. The second-order valence-corrected chi connectivity index (χ2v) is 4.71. The Hall–Kier alpha value is -2.17. The maximum Gasteiger partial charge on any atom is 0.364 e. The number of hydrogen-bond acceptors (Lipinski definition) is 3. The normalized spacial score (nSPS) is 11.2. The van der Waals surface area contributed by atoms with Crippen LogP contribution >= 0.6 is 0 Å². The maximum atomic E-state index is 11.7. The molecule has 1 aromatic heterocycles. The highest BCUT2D eigenvalue weighted by Gasteiger charge is 2.07. The average molecular weight is 272 g/mol. The third-order valence-corrected chi connectivity index (χ3v) is 3.06. The monoisotopic (exact) mass is 272 g/mol. The number of aromatic amines is 1. The summed E-state index contributed by atoms with van der Waals surface area (Å²) in [5.74, 6) is 0.632. The molecule has 0 atom stereocenters. The predicted octanol–water partition coefficient (Wildman–Crippen LogP) is 2.58. The van der Waals surface area contributed by atoms with Gasteiger partial charge in [-0.25, -0.2) is 9.89 Å². The number of benzene rings is 1. The van der Waals surface area contributed by atoms with Crippen LogP contribution in [0.4, 0.5) is 0 Å². The molecule has 20 heavy (non-hydrogen) atoms. The minimum atomic E-state index is -0.289. The van der Waals surface area contributed by atoms with Gasteiger partial charge in [0, 0.05) is 12.6 Å². The number of nitrogens with one attached hydrogen (secondary N) is 1. The molecule has 1 N–H and O–H groups in total. The minimum Gasteiger partial charge on any atom is -0.244 e. The Balaban J connectivity index is 2.06. The lowest BCUT2D eigenvalue weighted by Gasteiger charge is -2.00. The Labute approximate surface area is 118 Å². The third-order valence-electron chi connectivity index (χ3n) is 3.06. The standard InChI is InChI=1S/C15H20N4O/c1-2-3-4-8-11-16-19-14(17-18-15(19)20)12-13-9-6-5-7-10-13/h5-7,9-11H,2-4,8,12H2,1H3,(H,18,20). The molecule has 0 fully saturated rings. The first-order valence-electron chi connectivity index (χ1n) is 7.04. The van der Waals surface area contributed by atoms with Crippen molar-refractivity contribution >= 4 is 6.21 Å². The Morgan fingerprint density at radius 2 is 2.10 bits per heavy atom. The number of unbranched alkanes of at least 4 members (excludes halogenated alkanes) is 3. The fraction of sp³-hybridized carbons (Fsp3) is 0.400. The van der Waals surface area contributed by atoms with Gasteiger partial charge < -0.3 is 0 Å². The highest BCUT2D eigenvalue weighted by molar-refractivity contribution is 5.56. The molecule has 1 heterocycles. The smallest absolute Gasteiger partial charge is 0.244 e. The molecular formula is C15H20N4O. The van der Waals surface area contributed by atoms with Crippen LogP contribution in [0.15, 0.2) is 40.2 Å². The lowest BCUT2D eigenvalue weighted by Crippen LogP contribution is -2.15. The molecule has 1 aromatic carbocycles. The number of rotatable bonds is 7. The molecule has 0 amide bonds. The first-order valence-corrected chi connectivity index (χ1v) is 7.04. The van der Waals surface area contributed by atoms with Crippen molar-refractivity contribution in [3.63, 3.8) is 0 Å². The molecule has 0 aliphatic rings. The van der Waals surface area contributed by atoms with Crippen LogP contribution in [0.25, 0.3) is 0 Å². The van der Waals surface area contributed by atoms with Crippen LogP contribution in [0.2, 0.25) is 0 Å². The Bertz CT molecular complexity index is 598. The van der Waals surface area contributed by atoms with Crippen LogP contribution in [-0.4, -0.2) is 21.1 Å². The van der Waals surface area contributed by atoms with Gasteiger partial charge in [0.05, 0.1) is 0 Å². The minimum absolute atomic E-state index is 0.289. The third kappa shape index (κ3) is 3.91. The zero-order chi connectivity index (χ0) is 14.2. The lowest BCUT2D eigenvalue weighted by molar-refractivity contribution is 0.733. The second kappa shape index (κ2) is 7.43. The molecule has 0 unspecified atom stereocenters. The van der Waals surface area contributed by atoms with Gasteiger partial charge in [-0.2, -0.15) is 14.9 Å². The van der Waals surface area contributed by atoms with Crippen molar-refractivity contribution in [2.45, 2.75) is 39.0 Å². The van der Waals surface area contributed by atoms with Gasteiger partial charge in [0.1, 0.15) is 0 Å². The van der Waals surface area contributed by atoms with Crippen LogP contribution in [0, 0.1) is 0 Å². The Kier molecular flexibility index (Phi) is 5.29. The molecule has 5 heteroatoms. The van der Waals surface area contributed by atoms with Gasteiger partial charge in [-0.05, 0) is 18.4 Å². The van der Waals surface area contributed by atoms with E-state index in [9.17, 15) is 4.79 Å². The number of nitrogens with zero attached hydrogens (tertiary/aromatic N) is 3. The van der Waals surface area contributed by atoms with E-state index in [0.717, 1.165) is 18.4 Å². The first kappa shape index (κ1) is 14.2. The molecule has 0 saturated carbocycles. The van der Waals surface area contributed by atoms with E-state index in [4.69, 9.17) is 0 Å². The molecule has 2 aromatic rings. The zero-order valence-electron chi connectivity index (χ0n) is 11.7. The number of hydrogen-bond donors (Lipinski definition) is 1. The van der Waals surface area contributed by atoms with E-state index in [2.05, 4.69) is 22.2 Å². The molecule has 0 bridgehead atoms. The highest BCUT2D eigenvalue weighted by Crippen LogP contribution is 2.05. The van der Waals surface area contributed by atoms with E-state index in [1.54, 1.807) is 6.21 Å². The summed E-state index contributed by atoms with van der Waals surface area (Å²) in [5, 5.41) is 10.7. The van der Waals surface area contributed by atoms with Gasteiger partial charge in [0.2, 0.25) is 0 Å². The Morgan fingerprint density at radius 3 is 2.85 bits per heavy atom. The highest BCUT2D eigenvalue weighted by atomic mass is 16.2. The Morgan fingerprint density at radius 1 is 1.30 bits per heavy atom. The zero-order valence-corrected chi connectivity index (χ0v) is 11.7. The van der Waals surface area contributed by atoms with Gasteiger partial charge in [-0.15, -0.1) is 0 Å². The molecule has 0 saturated heterocycles. The average Bonchev–Trinajstić information content (AvgIpc) is 2.81. The van der Waals surface area contributed by atoms with Gasteiger partial charge in [-0.3, -0.25) is 0 Å². The van der Waals surface area contributed by atoms with Crippen LogP contribution in [0.5, 0.6) is 0 Å². The summed E-state index contributed by atoms with van der Waals surface area (Å²) >= 11 is 0. The van der Waals surface area contributed by atoms with Gasteiger partial charge in [0.15, 0.2) is 5.82 Å². The van der Waals surface area contributed by atoms with Crippen molar-refractivity contribution in [1.82, 2.24) is 14.9 Å². The quantitative estimate of drug-likeness (QED) is 0.622. The molecule has 0 spiro atoms. The lowest BCUT2D eigenvalue weighted by atomic mass is 10.1. The molecule has 2 rings (SSSR count). The van der Waals surface area contributed by atoms with E-state index in [0.29, 0.717) is 12.2 Å². The summed E-state index contributed by atoms with van der Waals surface area (Å²) in [6.45, 7) is 2.16. The van der Waals surface area contributed by atoms with Crippen LogP contribution in [-0.2, 0) is 6.42 Å². The van der Waals surface area contributed by atoms with E-state index in [1.807, 2.05) is 30.3 Å². The summed E-state index contributed by atoms with van der Waals surface area (Å²) in [6, 6.07) is 9.92. The van der Waals surface area contributed by atoms with E-state index >= 15 is 0 Å². The first-order chi connectivity index (χ1) is 9.81. The van der Waals surface area contributed by atoms with E-state index in [-0.39, 0.29) is 5.69 Å². The summed E-state index contributed by atoms with van der Waals surface area (Å²) in [5.41, 5.74) is 0.816. The van der Waals surface area contributed by atoms with Gasteiger partial charge >= 0.3 is 5.69 Å². The number of H-pyrrole nitrogens is 1. The van der Waals surface area contributed by atoms with Crippen molar-refractivity contribution in [3.8, 4) is 0 Å². The van der Waals surface area contributed by atoms with Crippen molar-refractivity contribution in [1.29, 1.82) is 0 Å². The van der Waals surface area contributed by atoms with Crippen molar-refractivity contribution in [2.75, 3.05) is 0 Å².